The van der Waals surface area contributed by atoms with Crippen molar-refractivity contribution in [2.24, 2.45) is 0 Å². The molecule has 0 amide bonds. The fraction of sp³-hybridized carbons (Fsp3) is 0.500. The van der Waals surface area contributed by atoms with Gasteiger partial charge < -0.3 is 9.84 Å². The van der Waals surface area contributed by atoms with Gasteiger partial charge in [-0.3, -0.25) is 14.3 Å². The van der Waals surface area contributed by atoms with Crippen molar-refractivity contribution in [1.82, 2.24) is 9.55 Å². The van der Waals surface area contributed by atoms with E-state index in [-0.39, 0.29) is 17.6 Å². The third-order valence-corrected chi connectivity index (χ3v) is 3.29. The van der Waals surface area contributed by atoms with E-state index in [9.17, 15) is 9.59 Å². The molecule has 2 N–H and O–H groups in total. The molecule has 1 saturated heterocycles. The molecule has 0 spiro atoms. The van der Waals surface area contributed by atoms with E-state index in [0.717, 1.165) is 0 Å². The molecule has 0 aromatic carbocycles. The molecule has 0 unspecified atom stereocenters. The summed E-state index contributed by atoms with van der Waals surface area (Å²) in [5, 5.41) is 19.3. The Kier molecular flexibility index (Phi) is 3.86. The van der Waals surface area contributed by atoms with Gasteiger partial charge in [0, 0.05) is 6.20 Å². The molecule has 1 aliphatic heterocycles. The fourth-order valence-corrected chi connectivity index (χ4v) is 2.24. The van der Waals surface area contributed by atoms with E-state index >= 15 is 0 Å². The molecule has 0 aliphatic carbocycles. The van der Waals surface area contributed by atoms with Crippen LogP contribution in [-0.2, 0) is 4.74 Å². The summed E-state index contributed by atoms with van der Waals surface area (Å²) in [5.74, 6) is 0. The second-order valence-electron chi connectivity index (χ2n) is 3.83. The second-order valence-corrected chi connectivity index (χ2v) is 4.65. The number of nitrogens with zero attached hydrogens (tertiary/aromatic N) is 2. The van der Waals surface area contributed by atoms with Crippen molar-refractivity contribution >= 4 is 11.8 Å². The van der Waals surface area contributed by atoms with Crippen molar-refractivity contribution in [2.45, 2.75) is 30.1 Å². The lowest BCUT2D eigenvalue weighted by molar-refractivity contribution is -0.0249. The Hall–Kier alpha value is -1.56. The predicted octanol–water partition coefficient (Wildman–Crippen LogP) is -0.220. The lowest BCUT2D eigenvalue weighted by Gasteiger charge is -2.14. The number of rotatable bonds is 3. The normalized spacial score (nSPS) is 22.9. The lowest BCUT2D eigenvalue weighted by atomic mass is 10.2. The minimum atomic E-state index is -0.584. The number of nitrogens with one attached hydrogen (secondary N) is 1. The van der Waals surface area contributed by atoms with Crippen LogP contribution in [0.2, 0.25) is 0 Å². The first-order valence-corrected chi connectivity index (χ1v) is 6.15. The molecular formula is C10H11N3O4S. The van der Waals surface area contributed by atoms with Crippen LogP contribution in [0.1, 0.15) is 19.1 Å². The standard InChI is InChI=1S/C10H11N3O4S/c11-5-18-7-3-13(10(16)12-9(7)15)8-2-1-6(4-14)17-8/h3,6,8,14H,1-2,4H2,(H,12,15,16)/t6-,8+/m0/s1. The van der Waals surface area contributed by atoms with Crippen molar-refractivity contribution in [3.8, 4) is 5.40 Å². The smallest absolute Gasteiger partial charge is 0.330 e. The predicted molar refractivity (Wildman–Crippen MR) is 63.0 cm³/mol. The number of ether oxygens (including phenoxy) is 1. The minimum absolute atomic E-state index is 0.103. The molecule has 96 valence electrons. The van der Waals surface area contributed by atoms with Crippen molar-refractivity contribution in [2.75, 3.05) is 6.61 Å². The summed E-state index contributed by atoms with van der Waals surface area (Å²) < 4.78 is 6.70. The van der Waals surface area contributed by atoms with Crippen LogP contribution in [0.25, 0.3) is 0 Å². The van der Waals surface area contributed by atoms with Crippen molar-refractivity contribution < 1.29 is 9.84 Å². The van der Waals surface area contributed by atoms with E-state index in [1.165, 1.54) is 10.8 Å². The number of H-pyrrole nitrogens is 1. The topological polar surface area (TPSA) is 108 Å². The van der Waals surface area contributed by atoms with Gasteiger partial charge in [0.05, 0.1) is 12.7 Å². The highest BCUT2D eigenvalue weighted by Crippen LogP contribution is 2.27. The van der Waals surface area contributed by atoms with Crippen LogP contribution in [0.4, 0.5) is 0 Å². The first-order valence-electron chi connectivity index (χ1n) is 5.33. The number of hydrogen-bond donors (Lipinski definition) is 2. The van der Waals surface area contributed by atoms with Gasteiger partial charge in [0.2, 0.25) is 0 Å². The molecule has 1 aromatic rings. The molecule has 2 rings (SSSR count). The molecule has 1 aromatic heterocycles. The Bertz CT molecular complexity index is 588. The van der Waals surface area contributed by atoms with Crippen LogP contribution in [-0.4, -0.2) is 27.4 Å². The molecule has 0 saturated carbocycles. The Morgan fingerprint density at radius 1 is 1.61 bits per heavy atom. The number of aliphatic hydroxyl groups excluding tert-OH is 1. The van der Waals surface area contributed by atoms with E-state index in [4.69, 9.17) is 15.1 Å². The van der Waals surface area contributed by atoms with Crippen LogP contribution >= 0.6 is 11.8 Å². The highest BCUT2D eigenvalue weighted by Gasteiger charge is 2.27. The number of hydrogen-bond acceptors (Lipinski definition) is 6. The molecule has 2 atom stereocenters. The summed E-state index contributed by atoms with van der Waals surface area (Å²) in [5.41, 5.74) is -1.16. The van der Waals surface area contributed by atoms with Gasteiger partial charge in [-0.05, 0) is 24.6 Å². The number of aromatic amines is 1. The summed E-state index contributed by atoms with van der Waals surface area (Å²) in [6.07, 6.45) is 1.74. The van der Waals surface area contributed by atoms with Crippen LogP contribution in [0, 0.1) is 10.7 Å². The number of nitriles is 1. The highest BCUT2D eigenvalue weighted by molar-refractivity contribution is 8.03. The largest absolute Gasteiger partial charge is 0.394 e. The molecule has 18 heavy (non-hydrogen) atoms. The number of thiocyanates is 1. The Balaban J connectivity index is 2.34. The maximum atomic E-state index is 11.7. The number of aromatic nitrogens is 2. The SMILES string of the molecule is N#CSc1cn([C@H]2CC[C@@H](CO)O2)c(=O)[nH]c1=O. The van der Waals surface area contributed by atoms with Gasteiger partial charge in [-0.25, -0.2) is 4.79 Å². The zero-order valence-corrected chi connectivity index (χ0v) is 10.1. The molecule has 0 radical (unpaired) electrons. The zero-order chi connectivity index (χ0) is 13.1. The second kappa shape index (κ2) is 5.39. The minimum Gasteiger partial charge on any atom is -0.394 e. The van der Waals surface area contributed by atoms with Gasteiger partial charge >= 0.3 is 5.69 Å². The molecular weight excluding hydrogens is 258 g/mol. The van der Waals surface area contributed by atoms with Gasteiger partial charge in [0.25, 0.3) is 5.56 Å². The maximum absolute atomic E-state index is 11.7. The monoisotopic (exact) mass is 269 g/mol. The van der Waals surface area contributed by atoms with Crippen LogP contribution < -0.4 is 11.2 Å². The van der Waals surface area contributed by atoms with Crippen LogP contribution in [0.5, 0.6) is 0 Å². The summed E-state index contributed by atoms with van der Waals surface area (Å²) >= 11 is 0.687. The maximum Gasteiger partial charge on any atom is 0.330 e. The Labute approximate surface area is 106 Å². The quantitative estimate of drug-likeness (QED) is 0.580. The van der Waals surface area contributed by atoms with E-state index in [0.29, 0.717) is 24.6 Å². The van der Waals surface area contributed by atoms with E-state index in [1.807, 2.05) is 0 Å². The van der Waals surface area contributed by atoms with Crippen LogP contribution in [0.3, 0.4) is 0 Å². The molecule has 8 heteroatoms. The summed E-state index contributed by atoms with van der Waals surface area (Å²) in [6, 6.07) is 0. The summed E-state index contributed by atoms with van der Waals surface area (Å²) in [7, 11) is 0. The van der Waals surface area contributed by atoms with Gasteiger partial charge in [0.15, 0.2) is 0 Å². The average Bonchev–Trinajstić information content (AvgIpc) is 2.81. The Morgan fingerprint density at radius 2 is 2.39 bits per heavy atom. The first-order chi connectivity index (χ1) is 8.65. The zero-order valence-electron chi connectivity index (χ0n) is 9.33. The van der Waals surface area contributed by atoms with Crippen molar-refractivity contribution in [3.63, 3.8) is 0 Å². The number of thioether (sulfide) groups is 1. The van der Waals surface area contributed by atoms with Crippen LogP contribution in [0.15, 0.2) is 20.7 Å². The molecule has 0 bridgehead atoms. The van der Waals surface area contributed by atoms with E-state index in [2.05, 4.69) is 4.98 Å². The molecule has 1 fully saturated rings. The van der Waals surface area contributed by atoms with Crippen molar-refractivity contribution in [3.05, 3.63) is 27.0 Å². The molecule has 2 heterocycles. The average molecular weight is 269 g/mol. The van der Waals surface area contributed by atoms with Gasteiger partial charge in [-0.2, -0.15) is 5.26 Å². The number of aliphatic hydroxyl groups is 1. The van der Waals surface area contributed by atoms with Gasteiger partial charge in [-0.1, -0.05) is 0 Å². The Morgan fingerprint density at radius 3 is 3.00 bits per heavy atom. The van der Waals surface area contributed by atoms with E-state index in [1.54, 1.807) is 5.40 Å². The third kappa shape index (κ3) is 2.48. The molecule has 7 nitrogen and oxygen atoms in total. The summed E-state index contributed by atoms with van der Waals surface area (Å²) in [6.45, 7) is -0.103. The molecule has 1 aliphatic rings. The van der Waals surface area contributed by atoms with Gasteiger partial charge in [0.1, 0.15) is 16.5 Å². The highest BCUT2D eigenvalue weighted by atomic mass is 32.2. The lowest BCUT2D eigenvalue weighted by Crippen LogP contribution is -2.33. The fourth-order valence-electron chi connectivity index (χ4n) is 1.83. The third-order valence-electron chi connectivity index (χ3n) is 2.69. The summed E-state index contributed by atoms with van der Waals surface area (Å²) in [4.78, 5) is 25.3. The van der Waals surface area contributed by atoms with Crippen molar-refractivity contribution in [1.29, 1.82) is 5.26 Å². The van der Waals surface area contributed by atoms with Gasteiger partial charge in [-0.15, -0.1) is 0 Å². The first kappa shape index (κ1) is 12.9. The van der Waals surface area contributed by atoms with E-state index < -0.39 is 17.5 Å².